The van der Waals surface area contributed by atoms with Crippen LogP contribution in [-0.4, -0.2) is 40.6 Å². The Morgan fingerprint density at radius 2 is 1.61 bits per heavy atom. The van der Waals surface area contributed by atoms with Crippen molar-refractivity contribution in [1.29, 1.82) is 0 Å². The minimum absolute atomic E-state index is 0.0782. The van der Waals surface area contributed by atoms with Crippen LogP contribution >= 0.6 is 23.2 Å². The quantitative estimate of drug-likeness (QED) is 0.255. The molecule has 0 radical (unpaired) electrons. The zero-order valence-corrected chi connectivity index (χ0v) is 21.1. The molecule has 0 spiro atoms. The molecule has 1 aliphatic heterocycles. The summed E-state index contributed by atoms with van der Waals surface area (Å²) in [5.41, 5.74) is -1.21. The molecule has 3 heterocycles. The van der Waals surface area contributed by atoms with Crippen molar-refractivity contribution in [3.8, 4) is 11.1 Å². The number of anilines is 2. The summed E-state index contributed by atoms with van der Waals surface area (Å²) in [6, 6.07) is 7.31. The van der Waals surface area contributed by atoms with Gasteiger partial charge in [-0.1, -0.05) is 35.3 Å². The smallest absolute Gasteiger partial charge is 0.352 e. The molecule has 2 aromatic heterocycles. The van der Waals surface area contributed by atoms with Crippen LogP contribution in [0, 0.1) is 0 Å². The lowest BCUT2D eigenvalue weighted by Crippen LogP contribution is -2.52. The van der Waals surface area contributed by atoms with Crippen LogP contribution in [-0.2, 0) is 12.4 Å². The first kappa shape index (κ1) is 26.4. The Morgan fingerprint density at radius 1 is 0.921 bits per heavy atom. The summed E-state index contributed by atoms with van der Waals surface area (Å²) in [7, 11) is 0. The molecule has 0 bridgehead atoms. The minimum Gasteiger partial charge on any atom is -0.352 e. The van der Waals surface area contributed by atoms with Gasteiger partial charge in [0.05, 0.1) is 32.2 Å². The van der Waals surface area contributed by atoms with E-state index >= 15 is 0 Å². The summed E-state index contributed by atoms with van der Waals surface area (Å²) in [6.07, 6.45) is -7.73. The van der Waals surface area contributed by atoms with Crippen LogP contribution in [0.2, 0.25) is 10.0 Å². The van der Waals surface area contributed by atoms with E-state index in [0.717, 1.165) is 36.4 Å². The second kappa shape index (κ2) is 9.53. The molecule has 5 rings (SSSR count). The van der Waals surface area contributed by atoms with Gasteiger partial charge in [-0.2, -0.15) is 26.3 Å². The average Bonchev–Trinajstić information content (AvgIpc) is 3.26. The van der Waals surface area contributed by atoms with E-state index in [1.165, 1.54) is 6.20 Å². The maximum Gasteiger partial charge on any atom is 0.416 e. The number of benzene rings is 2. The Hall–Kier alpha value is -3.18. The maximum atomic E-state index is 13.7. The number of hydrogen-bond donors (Lipinski definition) is 1. The standard InChI is InChI=1S/C25H19Cl2F6N5/c1-13-12-37(22-19(27)10-17(26)11-34-22)6-7-38(13)23-35-20-9-16(25(31,32)33)8-18(21(20)36-23)14-2-4-15(5-3-14)24(28,29)30/h2-5,8-11,13H,6-7,12H2,1H3,(H,35,36)/t13-/m1/s1. The van der Waals surface area contributed by atoms with Gasteiger partial charge < -0.3 is 14.8 Å². The fourth-order valence-corrected chi connectivity index (χ4v) is 5.07. The largest absolute Gasteiger partial charge is 0.416 e. The van der Waals surface area contributed by atoms with Crippen molar-refractivity contribution < 1.29 is 26.3 Å². The van der Waals surface area contributed by atoms with Crippen molar-refractivity contribution in [1.82, 2.24) is 15.0 Å². The number of halogens is 8. The number of pyridine rings is 1. The van der Waals surface area contributed by atoms with Crippen LogP contribution in [0.15, 0.2) is 48.7 Å². The summed E-state index contributed by atoms with van der Waals surface area (Å²) >= 11 is 12.2. The zero-order chi connectivity index (χ0) is 27.4. The number of rotatable bonds is 3. The Morgan fingerprint density at radius 3 is 2.21 bits per heavy atom. The molecule has 0 amide bonds. The average molecular weight is 574 g/mol. The number of piperazine rings is 1. The van der Waals surface area contributed by atoms with E-state index in [-0.39, 0.29) is 28.2 Å². The van der Waals surface area contributed by atoms with E-state index in [9.17, 15) is 26.3 Å². The molecule has 2 aromatic carbocycles. The topological polar surface area (TPSA) is 48.1 Å². The Kier molecular flexibility index (Phi) is 6.63. The number of imidazole rings is 1. The Labute approximate surface area is 223 Å². The molecule has 13 heteroatoms. The lowest BCUT2D eigenvalue weighted by Gasteiger charge is -2.40. The third-order valence-electron chi connectivity index (χ3n) is 6.41. The van der Waals surface area contributed by atoms with Crippen LogP contribution in [0.4, 0.5) is 38.1 Å². The van der Waals surface area contributed by atoms with E-state index in [1.807, 2.05) is 16.7 Å². The van der Waals surface area contributed by atoms with E-state index in [0.29, 0.717) is 41.4 Å². The van der Waals surface area contributed by atoms with Crippen molar-refractivity contribution in [3.63, 3.8) is 0 Å². The van der Waals surface area contributed by atoms with Gasteiger partial charge >= 0.3 is 12.4 Å². The number of nitrogens with one attached hydrogen (secondary N) is 1. The highest BCUT2D eigenvalue weighted by Crippen LogP contribution is 2.39. The molecular formula is C25H19Cl2F6N5. The number of aromatic nitrogens is 3. The van der Waals surface area contributed by atoms with Crippen LogP contribution in [0.5, 0.6) is 0 Å². The fourth-order valence-electron chi connectivity index (χ4n) is 4.57. The molecule has 0 unspecified atom stereocenters. The molecule has 1 saturated heterocycles. The van der Waals surface area contributed by atoms with E-state index in [2.05, 4.69) is 15.0 Å². The number of H-pyrrole nitrogens is 1. The normalized spacial score (nSPS) is 16.9. The number of aromatic amines is 1. The van der Waals surface area contributed by atoms with Crippen molar-refractivity contribution in [3.05, 3.63) is 69.8 Å². The maximum absolute atomic E-state index is 13.7. The van der Waals surface area contributed by atoms with E-state index in [4.69, 9.17) is 23.2 Å². The molecule has 1 fully saturated rings. The van der Waals surface area contributed by atoms with Gasteiger partial charge in [0.25, 0.3) is 0 Å². The van der Waals surface area contributed by atoms with Gasteiger partial charge in [0.1, 0.15) is 5.82 Å². The fraction of sp³-hybridized carbons (Fsp3) is 0.280. The monoisotopic (exact) mass is 573 g/mol. The summed E-state index contributed by atoms with van der Waals surface area (Å²) in [5, 5.41) is 0.817. The number of nitrogens with zero attached hydrogens (tertiary/aromatic N) is 4. The highest BCUT2D eigenvalue weighted by atomic mass is 35.5. The summed E-state index contributed by atoms with van der Waals surface area (Å²) in [6.45, 7) is 3.41. The van der Waals surface area contributed by atoms with Crippen LogP contribution in [0.3, 0.4) is 0 Å². The molecular weight excluding hydrogens is 555 g/mol. The zero-order valence-electron chi connectivity index (χ0n) is 19.6. The second-order valence-corrected chi connectivity index (χ2v) is 9.84. The van der Waals surface area contributed by atoms with Gasteiger partial charge in [-0.25, -0.2) is 9.97 Å². The van der Waals surface area contributed by atoms with Crippen molar-refractivity contribution >= 4 is 46.0 Å². The number of alkyl halides is 6. The predicted molar refractivity (Wildman–Crippen MR) is 135 cm³/mol. The van der Waals surface area contributed by atoms with Gasteiger partial charge in [0.15, 0.2) is 0 Å². The minimum atomic E-state index is -4.66. The number of hydrogen-bond acceptors (Lipinski definition) is 4. The van der Waals surface area contributed by atoms with Crippen molar-refractivity contribution in [2.75, 3.05) is 29.4 Å². The van der Waals surface area contributed by atoms with Crippen LogP contribution in [0.1, 0.15) is 18.1 Å². The first-order chi connectivity index (χ1) is 17.8. The van der Waals surface area contributed by atoms with Crippen molar-refractivity contribution in [2.24, 2.45) is 0 Å². The van der Waals surface area contributed by atoms with Gasteiger partial charge in [-0.3, -0.25) is 0 Å². The van der Waals surface area contributed by atoms with Gasteiger partial charge in [0.2, 0.25) is 5.95 Å². The van der Waals surface area contributed by atoms with Crippen molar-refractivity contribution in [2.45, 2.75) is 25.3 Å². The first-order valence-corrected chi connectivity index (χ1v) is 12.2. The Balaban J connectivity index is 1.51. The lowest BCUT2D eigenvalue weighted by atomic mass is 9.99. The summed E-state index contributed by atoms with van der Waals surface area (Å²) < 4.78 is 80.2. The molecule has 1 N–H and O–H groups in total. The Bertz CT molecular complexity index is 1480. The lowest BCUT2D eigenvalue weighted by molar-refractivity contribution is -0.138. The first-order valence-electron chi connectivity index (χ1n) is 11.4. The molecule has 1 aliphatic rings. The summed E-state index contributed by atoms with van der Waals surface area (Å²) in [5.74, 6) is 0.932. The van der Waals surface area contributed by atoms with Crippen LogP contribution < -0.4 is 9.80 Å². The summed E-state index contributed by atoms with van der Waals surface area (Å²) in [4.78, 5) is 15.8. The van der Waals surface area contributed by atoms with Gasteiger partial charge in [-0.05, 0) is 42.8 Å². The highest BCUT2D eigenvalue weighted by molar-refractivity contribution is 6.36. The SMILES string of the molecule is C[C@@H]1CN(c2ncc(Cl)cc2Cl)CCN1c1nc2c(-c3ccc(C(F)(F)F)cc3)cc(C(F)(F)F)cc2[nH]1. The molecule has 38 heavy (non-hydrogen) atoms. The molecule has 4 aromatic rings. The third kappa shape index (κ3) is 5.09. The highest BCUT2D eigenvalue weighted by Gasteiger charge is 2.34. The second-order valence-electron chi connectivity index (χ2n) is 9.00. The van der Waals surface area contributed by atoms with Gasteiger partial charge in [0, 0.05) is 37.4 Å². The molecule has 0 saturated carbocycles. The van der Waals surface area contributed by atoms with E-state index < -0.39 is 23.5 Å². The third-order valence-corrected chi connectivity index (χ3v) is 6.90. The molecule has 0 aliphatic carbocycles. The predicted octanol–water partition coefficient (Wildman–Crippen LogP) is 7.68. The van der Waals surface area contributed by atoms with Gasteiger partial charge in [-0.15, -0.1) is 0 Å². The van der Waals surface area contributed by atoms with Crippen LogP contribution in [0.25, 0.3) is 22.2 Å². The molecule has 200 valence electrons. The number of fused-ring (bicyclic) bond motifs is 1. The molecule has 1 atom stereocenters. The van der Waals surface area contributed by atoms with E-state index in [1.54, 1.807) is 6.07 Å². The molecule has 5 nitrogen and oxygen atoms in total.